The fourth-order valence-electron chi connectivity index (χ4n) is 3.66. The minimum atomic E-state index is -0.717. The average molecular weight is 469 g/mol. The summed E-state index contributed by atoms with van der Waals surface area (Å²) in [6.45, 7) is 0.740. The summed E-state index contributed by atoms with van der Waals surface area (Å²) >= 11 is 5.89. The molecule has 0 bridgehead atoms. The Hall–Kier alpha value is -4.10. The largest absolute Gasteiger partial charge is 0.495 e. The number of nitrogens with two attached hydrogens (primary N) is 1. The lowest BCUT2D eigenvalue weighted by Gasteiger charge is -2.28. The first kappa shape index (κ1) is 22.1. The summed E-state index contributed by atoms with van der Waals surface area (Å²) in [5.74, 6) is -0.969. The van der Waals surface area contributed by atoms with Crippen molar-refractivity contribution in [3.05, 3.63) is 64.1 Å². The van der Waals surface area contributed by atoms with E-state index in [1.165, 1.54) is 30.2 Å². The first-order chi connectivity index (χ1) is 15.8. The normalized spacial score (nSPS) is 12.6. The van der Waals surface area contributed by atoms with Gasteiger partial charge in [-0.1, -0.05) is 11.6 Å². The van der Waals surface area contributed by atoms with Crippen molar-refractivity contribution in [1.29, 1.82) is 5.26 Å². The molecule has 3 aromatic rings. The summed E-state index contributed by atoms with van der Waals surface area (Å²) < 4.78 is 20.4. The average Bonchev–Trinajstić information content (AvgIpc) is 3.19. The molecule has 0 saturated heterocycles. The topological polar surface area (TPSA) is 126 Å². The predicted octanol–water partition coefficient (Wildman–Crippen LogP) is 3.37. The SMILES string of the molecule is COc1cc(NC(=O)N2CCn3nc(-c4ccc(F)c(Cl)c4)c(C(N)=O)c3C2)ccc1C#N. The van der Waals surface area contributed by atoms with Crippen molar-refractivity contribution in [2.75, 3.05) is 19.0 Å². The van der Waals surface area contributed by atoms with Crippen LogP contribution in [-0.4, -0.2) is 40.3 Å². The van der Waals surface area contributed by atoms with E-state index < -0.39 is 17.8 Å². The molecule has 168 valence electrons. The Morgan fingerprint density at radius 1 is 1.27 bits per heavy atom. The van der Waals surface area contributed by atoms with Gasteiger partial charge in [0, 0.05) is 23.9 Å². The Balaban J connectivity index is 1.61. The zero-order valence-corrected chi connectivity index (χ0v) is 18.2. The van der Waals surface area contributed by atoms with Crippen LogP contribution in [0.4, 0.5) is 14.9 Å². The number of nitrogens with one attached hydrogen (secondary N) is 1. The van der Waals surface area contributed by atoms with Gasteiger partial charge in [-0.05, 0) is 30.3 Å². The highest BCUT2D eigenvalue weighted by molar-refractivity contribution is 6.31. The predicted molar refractivity (Wildman–Crippen MR) is 118 cm³/mol. The van der Waals surface area contributed by atoms with Crippen molar-refractivity contribution in [3.63, 3.8) is 0 Å². The molecule has 1 aromatic heterocycles. The van der Waals surface area contributed by atoms with Crippen LogP contribution in [0.2, 0.25) is 5.02 Å². The Morgan fingerprint density at radius 3 is 2.73 bits per heavy atom. The van der Waals surface area contributed by atoms with E-state index in [0.29, 0.717) is 41.3 Å². The molecule has 0 aliphatic carbocycles. The first-order valence-corrected chi connectivity index (χ1v) is 10.2. The molecule has 3 amide bonds. The number of methoxy groups -OCH3 is 1. The maximum Gasteiger partial charge on any atom is 0.322 e. The van der Waals surface area contributed by atoms with Gasteiger partial charge in [0.1, 0.15) is 23.3 Å². The van der Waals surface area contributed by atoms with E-state index in [9.17, 15) is 14.0 Å². The highest BCUT2D eigenvalue weighted by Gasteiger charge is 2.30. The molecule has 0 saturated carbocycles. The van der Waals surface area contributed by atoms with Crippen LogP contribution in [0.25, 0.3) is 11.3 Å². The highest BCUT2D eigenvalue weighted by atomic mass is 35.5. The molecule has 1 aliphatic rings. The van der Waals surface area contributed by atoms with Crippen molar-refractivity contribution in [2.24, 2.45) is 5.73 Å². The summed E-state index contributed by atoms with van der Waals surface area (Å²) in [6.07, 6.45) is 0. The third kappa shape index (κ3) is 4.18. The van der Waals surface area contributed by atoms with Gasteiger partial charge in [-0.25, -0.2) is 9.18 Å². The fraction of sp³-hybridized carbons (Fsp3) is 0.182. The minimum absolute atomic E-state index is 0.0828. The quantitative estimate of drug-likeness (QED) is 0.607. The molecule has 1 aliphatic heterocycles. The number of rotatable bonds is 4. The third-order valence-electron chi connectivity index (χ3n) is 5.28. The van der Waals surface area contributed by atoms with Gasteiger partial charge in [0.2, 0.25) is 0 Å². The molecule has 9 nitrogen and oxygen atoms in total. The Morgan fingerprint density at radius 2 is 2.06 bits per heavy atom. The zero-order valence-electron chi connectivity index (χ0n) is 17.4. The maximum absolute atomic E-state index is 13.6. The minimum Gasteiger partial charge on any atom is -0.495 e. The Bertz CT molecular complexity index is 1320. The number of anilines is 1. The van der Waals surface area contributed by atoms with Crippen LogP contribution in [-0.2, 0) is 13.1 Å². The van der Waals surface area contributed by atoms with Gasteiger partial charge in [0.15, 0.2) is 0 Å². The molecule has 0 fully saturated rings. The number of amides is 3. The number of urea groups is 1. The maximum atomic E-state index is 13.6. The molecule has 3 N–H and O–H groups in total. The molecule has 4 rings (SSSR count). The molecule has 33 heavy (non-hydrogen) atoms. The van der Waals surface area contributed by atoms with E-state index in [0.717, 1.165) is 0 Å². The highest BCUT2D eigenvalue weighted by Crippen LogP contribution is 2.31. The van der Waals surface area contributed by atoms with Crippen molar-refractivity contribution in [3.8, 4) is 23.1 Å². The monoisotopic (exact) mass is 468 g/mol. The lowest BCUT2D eigenvalue weighted by Crippen LogP contribution is -2.41. The molecular weight excluding hydrogens is 451 g/mol. The number of fused-ring (bicyclic) bond motifs is 1. The fourth-order valence-corrected chi connectivity index (χ4v) is 3.84. The second kappa shape index (κ2) is 8.80. The lowest BCUT2D eigenvalue weighted by molar-refractivity contribution is 0.0997. The van der Waals surface area contributed by atoms with Gasteiger partial charge in [0.25, 0.3) is 5.91 Å². The van der Waals surface area contributed by atoms with E-state index in [1.54, 1.807) is 22.9 Å². The van der Waals surface area contributed by atoms with E-state index in [1.807, 2.05) is 6.07 Å². The Labute approximate surface area is 193 Å². The van der Waals surface area contributed by atoms with Crippen LogP contribution < -0.4 is 15.8 Å². The van der Waals surface area contributed by atoms with Crippen molar-refractivity contribution in [1.82, 2.24) is 14.7 Å². The molecule has 0 radical (unpaired) electrons. The first-order valence-electron chi connectivity index (χ1n) is 9.81. The second-order valence-corrected chi connectivity index (χ2v) is 7.67. The molecule has 2 heterocycles. The van der Waals surface area contributed by atoms with Crippen molar-refractivity contribution >= 4 is 29.2 Å². The summed E-state index contributed by atoms with van der Waals surface area (Å²) in [6, 6.07) is 10.3. The molecule has 11 heteroatoms. The number of benzene rings is 2. The van der Waals surface area contributed by atoms with Gasteiger partial charge in [-0.15, -0.1) is 0 Å². The number of nitriles is 1. The van der Waals surface area contributed by atoms with E-state index in [2.05, 4.69) is 10.4 Å². The summed E-state index contributed by atoms with van der Waals surface area (Å²) in [7, 11) is 1.44. The van der Waals surface area contributed by atoms with E-state index >= 15 is 0 Å². The zero-order chi connectivity index (χ0) is 23.7. The van der Waals surface area contributed by atoms with E-state index in [4.69, 9.17) is 27.3 Å². The number of carbonyl (C=O) groups excluding carboxylic acids is 2. The van der Waals surface area contributed by atoms with E-state index in [-0.39, 0.29) is 22.8 Å². The van der Waals surface area contributed by atoms with Gasteiger partial charge >= 0.3 is 6.03 Å². The standard InChI is InChI=1S/C22H18ClFN6O3/c1-33-18-9-14(4-2-13(18)10-25)27-22(32)29-6-7-30-17(11-29)19(21(26)31)20(28-30)12-3-5-16(24)15(23)8-12/h2-5,8-9H,6-7,11H2,1H3,(H2,26,31)(H,27,32). The van der Waals surface area contributed by atoms with Crippen LogP contribution in [0.3, 0.4) is 0 Å². The number of hydrogen-bond acceptors (Lipinski definition) is 5. The molecule has 0 unspecified atom stereocenters. The summed E-state index contributed by atoms with van der Waals surface area (Å²) in [5, 5.41) is 16.2. The van der Waals surface area contributed by atoms with Gasteiger partial charge in [-0.3, -0.25) is 9.48 Å². The van der Waals surface area contributed by atoms with Gasteiger partial charge in [-0.2, -0.15) is 10.4 Å². The number of aromatic nitrogens is 2. The summed E-state index contributed by atoms with van der Waals surface area (Å²) in [5.41, 5.74) is 7.77. The van der Waals surface area contributed by atoms with Crippen LogP contribution in [0.5, 0.6) is 5.75 Å². The van der Waals surface area contributed by atoms with Crippen molar-refractivity contribution in [2.45, 2.75) is 13.1 Å². The van der Waals surface area contributed by atoms with Gasteiger partial charge < -0.3 is 20.7 Å². The van der Waals surface area contributed by atoms with Crippen molar-refractivity contribution < 1.29 is 18.7 Å². The number of primary amides is 1. The van der Waals surface area contributed by atoms with Crippen LogP contribution >= 0.6 is 11.6 Å². The number of ether oxygens (including phenoxy) is 1. The lowest BCUT2D eigenvalue weighted by atomic mass is 10.0. The summed E-state index contributed by atoms with van der Waals surface area (Å²) in [4.78, 5) is 26.7. The molecular formula is C22H18ClFN6O3. The van der Waals surface area contributed by atoms with Crippen LogP contribution in [0, 0.1) is 17.1 Å². The second-order valence-electron chi connectivity index (χ2n) is 7.27. The van der Waals surface area contributed by atoms with Crippen LogP contribution in [0.15, 0.2) is 36.4 Å². The molecule has 2 aromatic carbocycles. The third-order valence-corrected chi connectivity index (χ3v) is 5.57. The molecule has 0 spiro atoms. The smallest absolute Gasteiger partial charge is 0.322 e. The number of halogens is 2. The molecule has 0 atom stereocenters. The van der Waals surface area contributed by atoms with Gasteiger partial charge in [0.05, 0.1) is 42.0 Å². The van der Waals surface area contributed by atoms with Crippen LogP contribution in [0.1, 0.15) is 21.6 Å². The number of nitrogens with zero attached hydrogens (tertiary/aromatic N) is 4. The Kier molecular flexibility index (Phi) is 5.89. The number of carbonyl (C=O) groups is 2. The number of hydrogen-bond donors (Lipinski definition) is 2.